The van der Waals surface area contributed by atoms with Crippen molar-refractivity contribution in [2.45, 2.75) is 17.9 Å². The number of sulfonamides is 1. The second-order valence-electron chi connectivity index (χ2n) is 5.12. The fourth-order valence-corrected chi connectivity index (χ4v) is 4.82. The molecule has 0 saturated heterocycles. The molecule has 0 saturated carbocycles. The number of fused-ring (bicyclic) bond motifs is 1. The summed E-state index contributed by atoms with van der Waals surface area (Å²) in [4.78, 5) is 0.116. The maximum atomic E-state index is 13.1. The summed E-state index contributed by atoms with van der Waals surface area (Å²) in [6.07, 6.45) is 1.78. The average Bonchev–Trinajstić information content (AvgIpc) is 2.46. The van der Waals surface area contributed by atoms with Crippen molar-refractivity contribution in [3.8, 4) is 0 Å². The number of hydrogen-bond acceptors (Lipinski definition) is 3. The molecule has 3 rings (SSSR count). The van der Waals surface area contributed by atoms with Crippen LogP contribution in [0.25, 0.3) is 6.08 Å². The number of halogens is 1. The van der Waals surface area contributed by atoms with Crippen LogP contribution < -0.4 is 10.0 Å². The van der Waals surface area contributed by atoms with Gasteiger partial charge in [0.25, 0.3) is 10.0 Å². The van der Waals surface area contributed by atoms with Gasteiger partial charge in [-0.15, -0.1) is 0 Å². The number of rotatable bonds is 2. The molecule has 22 heavy (non-hydrogen) atoms. The summed E-state index contributed by atoms with van der Waals surface area (Å²) in [6.45, 7) is 1.76. The van der Waals surface area contributed by atoms with Crippen LogP contribution in [0.5, 0.6) is 0 Å². The van der Waals surface area contributed by atoms with E-state index in [9.17, 15) is 8.42 Å². The topological polar surface area (TPSA) is 63.4 Å². The van der Waals surface area contributed by atoms with Gasteiger partial charge in [0.2, 0.25) is 0 Å². The van der Waals surface area contributed by atoms with E-state index in [0.29, 0.717) is 16.9 Å². The Balaban J connectivity index is 2.33. The maximum absolute atomic E-state index is 13.1. The minimum absolute atomic E-state index is 0.116. The molecule has 1 aliphatic rings. The molecule has 2 aromatic carbocycles. The molecule has 114 valence electrons. The third-order valence-corrected chi connectivity index (χ3v) is 5.79. The first-order chi connectivity index (χ1) is 10.4. The number of anilines is 1. The second-order valence-corrected chi connectivity index (χ2v) is 7.25. The van der Waals surface area contributed by atoms with Gasteiger partial charge in [0.1, 0.15) is 4.90 Å². The quantitative estimate of drug-likeness (QED) is 0.917. The van der Waals surface area contributed by atoms with Crippen molar-refractivity contribution in [3.63, 3.8) is 0 Å². The van der Waals surface area contributed by atoms with Crippen LogP contribution >= 0.6 is 11.6 Å². The molecule has 1 aliphatic heterocycles. The van der Waals surface area contributed by atoms with Crippen molar-refractivity contribution in [1.82, 2.24) is 0 Å². The molecule has 2 N–H and O–H groups in total. The van der Waals surface area contributed by atoms with Crippen molar-refractivity contribution in [3.05, 3.63) is 64.8 Å². The molecule has 1 heterocycles. The number of nitrogens with two attached hydrogens (primary N) is 1. The minimum atomic E-state index is -3.81. The van der Waals surface area contributed by atoms with Crippen molar-refractivity contribution < 1.29 is 8.42 Å². The van der Waals surface area contributed by atoms with Crippen molar-refractivity contribution in [2.24, 2.45) is 5.73 Å². The first-order valence-electron chi connectivity index (χ1n) is 6.79. The van der Waals surface area contributed by atoms with E-state index in [2.05, 4.69) is 0 Å². The van der Waals surface area contributed by atoms with Gasteiger partial charge in [0.15, 0.2) is 0 Å². The lowest BCUT2D eigenvalue weighted by atomic mass is 10.1. The predicted octanol–water partition coefficient (Wildman–Crippen LogP) is 3.24. The summed E-state index contributed by atoms with van der Waals surface area (Å²) in [5.41, 5.74) is 7.62. The maximum Gasteiger partial charge on any atom is 0.270 e. The molecule has 6 heteroatoms. The summed E-state index contributed by atoms with van der Waals surface area (Å²) >= 11 is 6.14. The van der Waals surface area contributed by atoms with Crippen LogP contribution in [0.2, 0.25) is 5.02 Å². The normalized spacial score (nSPS) is 17.6. The summed E-state index contributed by atoms with van der Waals surface area (Å²) in [5, 5.41) is 0.207. The van der Waals surface area contributed by atoms with Crippen molar-refractivity contribution in [2.75, 3.05) is 4.31 Å². The van der Waals surface area contributed by atoms with Crippen LogP contribution in [-0.2, 0) is 10.0 Å². The fourth-order valence-electron chi connectivity index (χ4n) is 2.53. The summed E-state index contributed by atoms with van der Waals surface area (Å²) in [6, 6.07) is 13.4. The fraction of sp³-hybridized carbons (Fsp3) is 0.125. The van der Waals surface area contributed by atoms with E-state index in [-0.39, 0.29) is 9.92 Å². The zero-order chi connectivity index (χ0) is 15.9. The van der Waals surface area contributed by atoms with E-state index in [1.807, 2.05) is 6.07 Å². The van der Waals surface area contributed by atoms with Gasteiger partial charge in [-0.05, 0) is 36.8 Å². The van der Waals surface area contributed by atoms with Gasteiger partial charge in [-0.2, -0.15) is 0 Å². The van der Waals surface area contributed by atoms with E-state index in [4.69, 9.17) is 17.3 Å². The Bertz CT molecular complexity index is 846. The van der Waals surface area contributed by atoms with Gasteiger partial charge in [-0.1, -0.05) is 41.9 Å². The molecule has 0 fully saturated rings. The molecular formula is C16H15ClN2O2S. The first-order valence-corrected chi connectivity index (χ1v) is 8.61. The third-order valence-electron chi connectivity index (χ3n) is 3.49. The Kier molecular flexibility index (Phi) is 3.72. The number of hydrogen-bond donors (Lipinski definition) is 1. The molecule has 4 nitrogen and oxygen atoms in total. The summed E-state index contributed by atoms with van der Waals surface area (Å²) in [5.74, 6) is 0. The highest BCUT2D eigenvalue weighted by Crippen LogP contribution is 2.39. The van der Waals surface area contributed by atoms with Crippen LogP contribution in [0.15, 0.2) is 59.1 Å². The number of benzene rings is 2. The lowest BCUT2D eigenvalue weighted by Gasteiger charge is -2.33. The Morgan fingerprint density at radius 1 is 1.09 bits per heavy atom. The Morgan fingerprint density at radius 3 is 2.41 bits per heavy atom. The molecule has 0 aromatic heterocycles. The molecular weight excluding hydrogens is 320 g/mol. The molecule has 1 atom stereocenters. The van der Waals surface area contributed by atoms with Gasteiger partial charge >= 0.3 is 0 Å². The van der Waals surface area contributed by atoms with Gasteiger partial charge < -0.3 is 5.73 Å². The van der Waals surface area contributed by atoms with Crippen molar-refractivity contribution in [1.29, 1.82) is 0 Å². The Morgan fingerprint density at radius 2 is 1.77 bits per heavy atom. The van der Waals surface area contributed by atoms with E-state index < -0.39 is 16.1 Å². The highest BCUT2D eigenvalue weighted by Gasteiger charge is 2.36. The standard InChI is InChI=1S/C16H15ClN2O2S/c1-11(18)15-10-12-6-5-9-14(17)16(12)22(20,21)19(15)13-7-3-2-4-8-13/h2-11H,18H2,1H3. The summed E-state index contributed by atoms with van der Waals surface area (Å²) in [7, 11) is -3.81. The van der Waals surface area contributed by atoms with Gasteiger partial charge in [-0.3, -0.25) is 0 Å². The van der Waals surface area contributed by atoms with E-state index in [0.717, 1.165) is 0 Å². The SMILES string of the molecule is CC(N)C1=Cc2cccc(Cl)c2S(=O)(=O)N1c1ccccc1. The Labute approximate surface area is 134 Å². The second kappa shape index (κ2) is 5.43. The van der Waals surface area contributed by atoms with Crippen LogP contribution in [-0.4, -0.2) is 14.5 Å². The van der Waals surface area contributed by atoms with Crippen LogP contribution in [0.4, 0.5) is 5.69 Å². The highest BCUT2D eigenvalue weighted by molar-refractivity contribution is 7.93. The first kappa shape index (κ1) is 15.1. The Hall–Kier alpha value is -1.82. The lowest BCUT2D eigenvalue weighted by molar-refractivity contribution is 0.591. The molecule has 0 spiro atoms. The van der Waals surface area contributed by atoms with Crippen LogP contribution in [0.3, 0.4) is 0 Å². The average molecular weight is 335 g/mol. The van der Waals surface area contributed by atoms with E-state index >= 15 is 0 Å². The smallest absolute Gasteiger partial charge is 0.270 e. The molecule has 0 aliphatic carbocycles. The van der Waals surface area contributed by atoms with Gasteiger partial charge in [0, 0.05) is 6.04 Å². The predicted molar refractivity (Wildman–Crippen MR) is 89.2 cm³/mol. The summed E-state index contributed by atoms with van der Waals surface area (Å²) < 4.78 is 27.4. The zero-order valence-corrected chi connectivity index (χ0v) is 13.5. The van der Waals surface area contributed by atoms with E-state index in [1.165, 1.54) is 4.31 Å². The van der Waals surface area contributed by atoms with Crippen molar-refractivity contribution >= 4 is 33.4 Å². The van der Waals surface area contributed by atoms with Crippen LogP contribution in [0.1, 0.15) is 12.5 Å². The van der Waals surface area contributed by atoms with Gasteiger partial charge in [0.05, 0.1) is 16.4 Å². The zero-order valence-electron chi connectivity index (χ0n) is 11.9. The number of nitrogens with zero attached hydrogens (tertiary/aromatic N) is 1. The molecule has 0 radical (unpaired) electrons. The molecule has 2 aromatic rings. The molecule has 1 unspecified atom stereocenters. The highest BCUT2D eigenvalue weighted by atomic mass is 35.5. The number of para-hydroxylation sites is 1. The largest absolute Gasteiger partial charge is 0.323 e. The third kappa shape index (κ3) is 2.31. The lowest BCUT2D eigenvalue weighted by Crippen LogP contribution is -2.40. The van der Waals surface area contributed by atoms with Gasteiger partial charge in [-0.25, -0.2) is 12.7 Å². The van der Waals surface area contributed by atoms with E-state index in [1.54, 1.807) is 55.5 Å². The van der Waals surface area contributed by atoms with Crippen LogP contribution in [0, 0.1) is 0 Å². The molecule has 0 amide bonds. The minimum Gasteiger partial charge on any atom is -0.323 e. The monoisotopic (exact) mass is 334 g/mol. The molecule has 0 bridgehead atoms.